The smallest absolute Gasteiger partial charge is 0.270 e. The largest absolute Gasteiger partial charge is 0.472 e. The lowest BCUT2D eigenvalue weighted by atomic mass is 10.2. The molecule has 0 saturated heterocycles. The zero-order chi connectivity index (χ0) is 21.5. The maximum absolute atomic E-state index is 13.1. The maximum Gasteiger partial charge on any atom is 0.270 e. The number of fused-ring (bicyclic) bond motifs is 1. The van der Waals surface area contributed by atoms with Crippen molar-refractivity contribution in [2.24, 2.45) is 0 Å². The summed E-state index contributed by atoms with van der Waals surface area (Å²) >= 11 is 1.20. The molecule has 156 valence electrons. The second kappa shape index (κ2) is 7.63. The molecule has 3 aromatic rings. The number of amides is 1. The van der Waals surface area contributed by atoms with Gasteiger partial charge in [0.2, 0.25) is 10.0 Å². The average molecular weight is 448 g/mol. The Hall–Kier alpha value is -3.09. The molecule has 1 amide bonds. The molecule has 0 bridgehead atoms. The Morgan fingerprint density at radius 2 is 2.17 bits per heavy atom. The Balaban J connectivity index is 1.57. The van der Waals surface area contributed by atoms with Gasteiger partial charge in [0.05, 0.1) is 33.9 Å². The number of sulfonamides is 1. The van der Waals surface area contributed by atoms with E-state index in [9.17, 15) is 23.3 Å². The van der Waals surface area contributed by atoms with Crippen molar-refractivity contribution in [1.82, 2.24) is 9.29 Å². The summed E-state index contributed by atoms with van der Waals surface area (Å²) in [6.07, 6.45) is 3.08. The van der Waals surface area contributed by atoms with Crippen molar-refractivity contribution in [3.05, 3.63) is 68.6 Å². The Bertz CT molecular complexity index is 1230. The summed E-state index contributed by atoms with van der Waals surface area (Å²) in [6.45, 7) is 1.87. The van der Waals surface area contributed by atoms with E-state index in [2.05, 4.69) is 10.3 Å². The van der Waals surface area contributed by atoms with Crippen LogP contribution in [-0.2, 0) is 23.0 Å². The van der Waals surface area contributed by atoms with Crippen LogP contribution in [0.5, 0.6) is 0 Å². The summed E-state index contributed by atoms with van der Waals surface area (Å²) in [5, 5.41) is 14.1. The van der Waals surface area contributed by atoms with E-state index in [1.165, 1.54) is 46.4 Å². The van der Waals surface area contributed by atoms with Gasteiger partial charge in [-0.2, -0.15) is 4.31 Å². The number of nitro groups is 1. The zero-order valence-corrected chi connectivity index (χ0v) is 17.3. The molecule has 4 rings (SSSR count). The molecule has 3 heterocycles. The highest BCUT2D eigenvalue weighted by Crippen LogP contribution is 2.33. The first-order valence-corrected chi connectivity index (χ1v) is 11.1. The number of non-ortho nitro benzene ring substituents is 1. The van der Waals surface area contributed by atoms with Crippen molar-refractivity contribution in [3.63, 3.8) is 0 Å². The summed E-state index contributed by atoms with van der Waals surface area (Å²) in [6, 6.07) is 5.32. The topological polar surface area (TPSA) is 136 Å². The van der Waals surface area contributed by atoms with Crippen LogP contribution in [-0.4, -0.2) is 35.1 Å². The van der Waals surface area contributed by atoms with Crippen LogP contribution in [0.3, 0.4) is 0 Å². The van der Waals surface area contributed by atoms with Gasteiger partial charge in [-0.3, -0.25) is 20.2 Å². The van der Waals surface area contributed by atoms with Crippen LogP contribution < -0.4 is 5.32 Å². The van der Waals surface area contributed by atoms with E-state index in [-0.39, 0.29) is 29.6 Å². The monoisotopic (exact) mass is 448 g/mol. The maximum atomic E-state index is 13.1. The molecule has 0 spiro atoms. The highest BCUT2D eigenvalue weighted by molar-refractivity contribution is 7.89. The third-order valence-electron chi connectivity index (χ3n) is 4.70. The normalized spacial score (nSPS) is 14.3. The van der Waals surface area contributed by atoms with Crippen molar-refractivity contribution in [1.29, 1.82) is 0 Å². The van der Waals surface area contributed by atoms with Crippen LogP contribution in [0.25, 0.3) is 0 Å². The second-order valence-corrected chi connectivity index (χ2v) is 9.64. The van der Waals surface area contributed by atoms with Gasteiger partial charge in [0.25, 0.3) is 11.6 Å². The lowest BCUT2D eigenvalue weighted by Crippen LogP contribution is -2.35. The minimum atomic E-state index is -3.93. The molecule has 1 N–H and O–H groups in total. The number of thiazole rings is 1. The number of hydrogen-bond donors (Lipinski definition) is 1. The van der Waals surface area contributed by atoms with Gasteiger partial charge >= 0.3 is 0 Å². The zero-order valence-electron chi connectivity index (χ0n) is 15.7. The first-order chi connectivity index (χ1) is 14.3. The molecule has 1 aliphatic rings. The number of hydrogen-bond acceptors (Lipinski definition) is 8. The number of nitro benzene ring substituents is 1. The fraction of sp³-hybridized carbons (Fsp3) is 0.222. The molecule has 0 fully saturated rings. The number of nitrogens with one attached hydrogen (secondary N) is 1. The van der Waals surface area contributed by atoms with E-state index in [0.717, 1.165) is 16.6 Å². The molecular weight excluding hydrogens is 432 g/mol. The van der Waals surface area contributed by atoms with E-state index in [1.54, 1.807) is 6.92 Å². The van der Waals surface area contributed by atoms with E-state index >= 15 is 0 Å². The Kier molecular flexibility index (Phi) is 5.13. The Labute approximate surface area is 175 Å². The highest BCUT2D eigenvalue weighted by atomic mass is 32.2. The number of furan rings is 1. The predicted octanol–water partition coefficient (Wildman–Crippen LogP) is 2.95. The third-order valence-corrected chi connectivity index (χ3v) is 7.69. The van der Waals surface area contributed by atoms with Crippen LogP contribution in [0, 0.1) is 17.0 Å². The molecule has 2 aromatic heterocycles. The van der Waals surface area contributed by atoms with E-state index in [0.29, 0.717) is 22.7 Å². The number of benzene rings is 1. The van der Waals surface area contributed by atoms with Gasteiger partial charge in [-0.05, 0) is 18.6 Å². The minimum absolute atomic E-state index is 0.0824. The van der Waals surface area contributed by atoms with Crippen LogP contribution in [0.2, 0.25) is 0 Å². The number of aryl methyl sites for hydroxylation is 1. The third kappa shape index (κ3) is 3.72. The van der Waals surface area contributed by atoms with Crippen LogP contribution >= 0.6 is 11.3 Å². The SMILES string of the molecule is Cc1ccc([N+](=O)[O-])cc1S(=O)(=O)N1CCc2nc(NC(=O)c3ccoc3)sc2C1. The van der Waals surface area contributed by atoms with Crippen molar-refractivity contribution in [3.8, 4) is 0 Å². The second-order valence-electron chi connectivity index (χ2n) is 6.65. The quantitative estimate of drug-likeness (QED) is 0.468. The minimum Gasteiger partial charge on any atom is -0.472 e. The Morgan fingerprint density at radius 1 is 1.37 bits per heavy atom. The first kappa shape index (κ1) is 20.2. The van der Waals surface area contributed by atoms with E-state index in [1.807, 2.05) is 0 Å². The van der Waals surface area contributed by atoms with Gasteiger partial charge in [-0.15, -0.1) is 11.3 Å². The van der Waals surface area contributed by atoms with Crippen molar-refractivity contribution in [2.75, 3.05) is 11.9 Å². The molecule has 1 aliphatic heterocycles. The predicted molar refractivity (Wildman–Crippen MR) is 108 cm³/mol. The number of aromatic nitrogens is 1. The summed E-state index contributed by atoms with van der Waals surface area (Å²) in [4.78, 5) is 27.6. The molecule has 0 unspecified atom stereocenters. The fourth-order valence-electron chi connectivity index (χ4n) is 3.11. The lowest BCUT2D eigenvalue weighted by Gasteiger charge is -2.25. The molecule has 10 nitrogen and oxygen atoms in total. The molecule has 12 heteroatoms. The van der Waals surface area contributed by atoms with Crippen molar-refractivity contribution >= 4 is 38.1 Å². The summed E-state index contributed by atoms with van der Waals surface area (Å²) in [7, 11) is -3.93. The standard InChI is InChI=1S/C18H16N4O6S2/c1-11-2-3-13(22(24)25)8-16(11)30(26,27)21-6-4-14-15(9-21)29-18(19-14)20-17(23)12-5-7-28-10-12/h2-3,5,7-8,10H,4,6,9H2,1H3,(H,19,20,23). The Morgan fingerprint density at radius 3 is 2.87 bits per heavy atom. The fourth-order valence-corrected chi connectivity index (χ4v) is 5.87. The molecule has 0 saturated carbocycles. The number of rotatable bonds is 5. The van der Waals surface area contributed by atoms with Gasteiger partial charge in [-0.25, -0.2) is 13.4 Å². The summed E-state index contributed by atoms with van der Waals surface area (Å²) in [5.41, 5.74) is 1.24. The lowest BCUT2D eigenvalue weighted by molar-refractivity contribution is -0.385. The van der Waals surface area contributed by atoms with Gasteiger partial charge in [0.15, 0.2) is 5.13 Å². The van der Waals surface area contributed by atoms with Gasteiger partial charge in [-0.1, -0.05) is 6.07 Å². The molecule has 0 aliphatic carbocycles. The molecule has 1 aromatic carbocycles. The highest BCUT2D eigenvalue weighted by Gasteiger charge is 2.32. The molecular formula is C18H16N4O6S2. The van der Waals surface area contributed by atoms with Crippen molar-refractivity contribution in [2.45, 2.75) is 24.8 Å². The van der Waals surface area contributed by atoms with E-state index in [4.69, 9.17) is 4.42 Å². The summed E-state index contributed by atoms with van der Waals surface area (Å²) < 4.78 is 32.4. The number of carbonyl (C=O) groups excluding carboxylic acids is 1. The van der Waals surface area contributed by atoms with Gasteiger partial charge < -0.3 is 4.42 Å². The van der Waals surface area contributed by atoms with E-state index < -0.39 is 14.9 Å². The molecule has 0 atom stereocenters. The van der Waals surface area contributed by atoms with Crippen LogP contribution in [0.4, 0.5) is 10.8 Å². The number of carbonyl (C=O) groups is 1. The number of anilines is 1. The van der Waals surface area contributed by atoms with Crippen LogP contribution in [0.15, 0.2) is 46.1 Å². The average Bonchev–Trinajstić information content (AvgIpc) is 3.36. The summed E-state index contributed by atoms with van der Waals surface area (Å²) in [5.74, 6) is -0.369. The molecule has 0 radical (unpaired) electrons. The van der Waals surface area contributed by atoms with Crippen molar-refractivity contribution < 1.29 is 22.6 Å². The first-order valence-electron chi connectivity index (χ1n) is 8.83. The number of nitrogens with zero attached hydrogens (tertiary/aromatic N) is 3. The van der Waals surface area contributed by atoms with Gasteiger partial charge in [0, 0.05) is 30.0 Å². The van der Waals surface area contributed by atoms with Gasteiger partial charge in [0.1, 0.15) is 6.26 Å². The van der Waals surface area contributed by atoms with Crippen LogP contribution in [0.1, 0.15) is 26.5 Å². The molecule has 30 heavy (non-hydrogen) atoms.